The number of hydrogen-bond acceptors (Lipinski definition) is 4. The molecule has 130 valence electrons. The fourth-order valence-corrected chi connectivity index (χ4v) is 3.15. The number of nitrogens with zero attached hydrogens (tertiary/aromatic N) is 2. The number of amides is 2. The molecule has 1 aromatic heterocycles. The first-order valence-corrected chi connectivity index (χ1v) is 8.35. The molecule has 6 heteroatoms. The number of carbonyl (C=O) groups excluding carboxylic acids is 2. The number of nitrogens with one attached hydrogen (secondary N) is 1. The topological polar surface area (TPSA) is 82.5 Å². The Balaban J connectivity index is 1.70. The summed E-state index contributed by atoms with van der Waals surface area (Å²) in [6.45, 7) is 0.403. The number of rotatable bonds is 6. The van der Waals surface area contributed by atoms with Crippen LogP contribution in [0.5, 0.6) is 0 Å². The average Bonchev–Trinajstić information content (AvgIpc) is 3.16. The van der Waals surface area contributed by atoms with Crippen LogP contribution >= 0.6 is 0 Å². The molecule has 2 aromatic rings. The Morgan fingerprint density at radius 1 is 1.24 bits per heavy atom. The smallest absolute Gasteiger partial charge is 0.243 e. The van der Waals surface area contributed by atoms with Gasteiger partial charge in [-0.05, 0) is 41.7 Å². The third-order valence-electron chi connectivity index (χ3n) is 4.56. The van der Waals surface area contributed by atoms with Gasteiger partial charge in [0.2, 0.25) is 12.3 Å². The molecule has 0 aliphatic carbocycles. The van der Waals surface area contributed by atoms with Gasteiger partial charge in [-0.25, -0.2) is 0 Å². The lowest BCUT2D eigenvalue weighted by Gasteiger charge is -2.23. The summed E-state index contributed by atoms with van der Waals surface area (Å²) in [6.07, 6.45) is 5.67. The first kappa shape index (κ1) is 17.1. The van der Waals surface area contributed by atoms with Crippen molar-refractivity contribution in [1.82, 2.24) is 15.2 Å². The molecule has 3 rings (SSSR count). The average molecular weight is 339 g/mol. The van der Waals surface area contributed by atoms with E-state index in [-0.39, 0.29) is 12.5 Å². The summed E-state index contributed by atoms with van der Waals surface area (Å²) in [7, 11) is 0. The van der Waals surface area contributed by atoms with E-state index in [1.807, 2.05) is 36.4 Å². The van der Waals surface area contributed by atoms with Crippen molar-refractivity contribution in [1.29, 1.82) is 0 Å². The number of aromatic nitrogens is 1. The number of carbonyl (C=O) groups is 2. The molecule has 0 radical (unpaired) electrons. The largest absolute Gasteiger partial charge is 0.394 e. The molecule has 1 fully saturated rings. The number of hydrogen-bond donors (Lipinski definition) is 2. The van der Waals surface area contributed by atoms with Crippen molar-refractivity contribution < 1.29 is 14.7 Å². The summed E-state index contributed by atoms with van der Waals surface area (Å²) in [5.41, 5.74) is 2.92. The van der Waals surface area contributed by atoms with Crippen LogP contribution in [0.3, 0.4) is 0 Å². The number of aliphatic hydroxyl groups is 1. The molecule has 2 heterocycles. The van der Waals surface area contributed by atoms with Gasteiger partial charge in [-0.3, -0.25) is 14.6 Å². The van der Waals surface area contributed by atoms with E-state index in [1.165, 1.54) is 4.90 Å². The Hall–Kier alpha value is -2.73. The SMILES string of the molecule is O=CN1CCCC1C(=O)NC(CO)c1ccc(-c2ccncc2)cc1. The van der Waals surface area contributed by atoms with Crippen molar-refractivity contribution in [2.45, 2.75) is 24.9 Å². The van der Waals surface area contributed by atoms with E-state index >= 15 is 0 Å². The first-order valence-electron chi connectivity index (χ1n) is 8.35. The maximum atomic E-state index is 12.4. The molecule has 2 unspecified atom stereocenters. The molecular weight excluding hydrogens is 318 g/mol. The molecular formula is C19H21N3O3. The highest BCUT2D eigenvalue weighted by atomic mass is 16.3. The third-order valence-corrected chi connectivity index (χ3v) is 4.56. The quantitative estimate of drug-likeness (QED) is 0.782. The van der Waals surface area contributed by atoms with E-state index < -0.39 is 12.1 Å². The summed E-state index contributed by atoms with van der Waals surface area (Å²) in [5, 5.41) is 12.5. The van der Waals surface area contributed by atoms with Gasteiger partial charge in [-0.1, -0.05) is 24.3 Å². The minimum atomic E-state index is -0.493. The van der Waals surface area contributed by atoms with Crippen LogP contribution in [0.25, 0.3) is 11.1 Å². The summed E-state index contributed by atoms with van der Waals surface area (Å²) >= 11 is 0. The van der Waals surface area contributed by atoms with Crippen molar-refractivity contribution >= 4 is 12.3 Å². The third kappa shape index (κ3) is 3.85. The van der Waals surface area contributed by atoms with Gasteiger partial charge in [0.25, 0.3) is 0 Å². The Labute approximate surface area is 146 Å². The highest BCUT2D eigenvalue weighted by Crippen LogP contribution is 2.22. The Kier molecular flexibility index (Phi) is 5.40. The van der Waals surface area contributed by atoms with Gasteiger partial charge in [0, 0.05) is 18.9 Å². The molecule has 1 saturated heterocycles. The molecule has 2 amide bonds. The number of benzene rings is 1. The second kappa shape index (κ2) is 7.90. The molecule has 0 bridgehead atoms. The van der Waals surface area contributed by atoms with Crippen LogP contribution in [0.1, 0.15) is 24.4 Å². The molecule has 25 heavy (non-hydrogen) atoms. The van der Waals surface area contributed by atoms with Crippen LogP contribution in [0.4, 0.5) is 0 Å². The van der Waals surface area contributed by atoms with Gasteiger partial charge < -0.3 is 15.3 Å². The molecule has 2 atom stereocenters. The van der Waals surface area contributed by atoms with Crippen molar-refractivity contribution in [2.24, 2.45) is 0 Å². The van der Waals surface area contributed by atoms with Gasteiger partial charge in [0.15, 0.2) is 0 Å². The van der Waals surface area contributed by atoms with E-state index in [0.29, 0.717) is 19.4 Å². The Bertz CT molecular complexity index is 718. The Morgan fingerprint density at radius 3 is 2.56 bits per heavy atom. The van der Waals surface area contributed by atoms with Crippen molar-refractivity contribution in [3.8, 4) is 11.1 Å². The Morgan fingerprint density at radius 2 is 1.92 bits per heavy atom. The van der Waals surface area contributed by atoms with Crippen molar-refractivity contribution in [2.75, 3.05) is 13.2 Å². The molecule has 6 nitrogen and oxygen atoms in total. The predicted octanol–water partition coefficient (Wildman–Crippen LogP) is 1.52. The summed E-state index contributed by atoms with van der Waals surface area (Å²) in [4.78, 5) is 28.9. The molecule has 2 N–H and O–H groups in total. The van der Waals surface area contributed by atoms with Crippen LogP contribution in [-0.4, -0.2) is 46.5 Å². The lowest BCUT2D eigenvalue weighted by Crippen LogP contribution is -2.44. The second-order valence-electron chi connectivity index (χ2n) is 6.10. The van der Waals surface area contributed by atoms with Gasteiger partial charge in [-0.2, -0.15) is 0 Å². The molecule has 1 aliphatic heterocycles. The monoisotopic (exact) mass is 339 g/mol. The zero-order valence-corrected chi connectivity index (χ0v) is 13.8. The summed E-state index contributed by atoms with van der Waals surface area (Å²) in [5.74, 6) is -0.220. The predicted molar refractivity (Wildman–Crippen MR) is 93.4 cm³/mol. The van der Waals surface area contributed by atoms with Crippen molar-refractivity contribution in [3.63, 3.8) is 0 Å². The van der Waals surface area contributed by atoms with E-state index in [0.717, 1.165) is 23.1 Å². The van der Waals surface area contributed by atoms with E-state index in [1.54, 1.807) is 12.4 Å². The second-order valence-corrected chi connectivity index (χ2v) is 6.10. The van der Waals surface area contributed by atoms with Crippen LogP contribution in [0, 0.1) is 0 Å². The van der Waals surface area contributed by atoms with Crippen molar-refractivity contribution in [3.05, 3.63) is 54.4 Å². The molecule has 1 aromatic carbocycles. The molecule has 1 aliphatic rings. The number of aliphatic hydroxyl groups excluding tert-OH is 1. The molecule has 0 spiro atoms. The summed E-state index contributed by atoms with van der Waals surface area (Å²) in [6, 6.07) is 10.6. The first-order chi connectivity index (χ1) is 12.2. The van der Waals surface area contributed by atoms with Gasteiger partial charge in [-0.15, -0.1) is 0 Å². The van der Waals surface area contributed by atoms with Gasteiger partial charge in [0.05, 0.1) is 12.6 Å². The van der Waals surface area contributed by atoms with Crippen LogP contribution in [0.15, 0.2) is 48.8 Å². The lowest BCUT2D eigenvalue weighted by atomic mass is 10.0. The zero-order valence-electron chi connectivity index (χ0n) is 13.8. The van der Waals surface area contributed by atoms with Crippen LogP contribution < -0.4 is 5.32 Å². The zero-order chi connectivity index (χ0) is 17.6. The van der Waals surface area contributed by atoms with Gasteiger partial charge in [0.1, 0.15) is 6.04 Å². The molecule has 0 saturated carbocycles. The van der Waals surface area contributed by atoms with Crippen LogP contribution in [0.2, 0.25) is 0 Å². The highest BCUT2D eigenvalue weighted by molar-refractivity contribution is 5.84. The van der Waals surface area contributed by atoms with Crippen LogP contribution in [-0.2, 0) is 9.59 Å². The van der Waals surface area contributed by atoms with Gasteiger partial charge >= 0.3 is 0 Å². The normalized spacial score (nSPS) is 18.0. The van der Waals surface area contributed by atoms with E-state index in [4.69, 9.17) is 0 Å². The fraction of sp³-hybridized carbons (Fsp3) is 0.316. The highest BCUT2D eigenvalue weighted by Gasteiger charge is 2.30. The van der Waals surface area contributed by atoms with E-state index in [9.17, 15) is 14.7 Å². The fourth-order valence-electron chi connectivity index (χ4n) is 3.15. The minimum absolute atomic E-state index is 0.200. The maximum absolute atomic E-state index is 12.4. The lowest BCUT2D eigenvalue weighted by molar-refractivity contribution is -0.131. The standard InChI is InChI=1S/C19H21N3O3/c23-12-17(21-19(25)18-2-1-11-22(18)13-24)16-5-3-14(4-6-16)15-7-9-20-10-8-15/h3-10,13,17-18,23H,1-2,11-12H2,(H,21,25). The number of pyridine rings is 1. The number of likely N-dealkylation sites (tertiary alicyclic amines) is 1. The maximum Gasteiger partial charge on any atom is 0.243 e. The van der Waals surface area contributed by atoms with E-state index in [2.05, 4.69) is 10.3 Å². The summed E-state index contributed by atoms with van der Waals surface area (Å²) < 4.78 is 0. The minimum Gasteiger partial charge on any atom is -0.394 e.